The number of rotatable bonds is 4. The summed E-state index contributed by atoms with van der Waals surface area (Å²) in [5.41, 5.74) is 7.42. The van der Waals surface area contributed by atoms with E-state index in [1.54, 1.807) is 0 Å². The van der Waals surface area contributed by atoms with Gasteiger partial charge in [0, 0.05) is 16.8 Å². The van der Waals surface area contributed by atoms with Crippen LogP contribution in [0, 0.1) is 0 Å². The van der Waals surface area contributed by atoms with E-state index in [-0.39, 0.29) is 0 Å². The fraction of sp³-hybridized carbons (Fsp3) is 0. The molecule has 2 heteroatoms. The first kappa shape index (κ1) is 24.7. The number of anilines is 3. The molecule has 0 aliphatic carbocycles. The molecule has 0 aliphatic heterocycles. The van der Waals surface area contributed by atoms with Gasteiger partial charge in [-0.15, -0.1) is 0 Å². The molecule has 0 bridgehead atoms. The molecule has 1 heterocycles. The normalized spacial score (nSPS) is 11.6. The third-order valence-corrected chi connectivity index (χ3v) is 8.78. The second-order valence-corrected chi connectivity index (χ2v) is 11.4. The van der Waals surface area contributed by atoms with Crippen LogP contribution in [-0.4, -0.2) is 0 Å². The summed E-state index contributed by atoms with van der Waals surface area (Å²) in [5, 5.41) is 9.58. The molecule has 0 radical (unpaired) electrons. The smallest absolute Gasteiger partial charge is 0.137 e. The molecule has 0 saturated carbocycles. The van der Waals surface area contributed by atoms with E-state index in [0.717, 1.165) is 39.0 Å². The van der Waals surface area contributed by atoms with Gasteiger partial charge in [0.15, 0.2) is 0 Å². The predicted octanol–water partition coefficient (Wildman–Crippen LogP) is 12.2. The van der Waals surface area contributed by atoms with Crippen LogP contribution in [0.3, 0.4) is 0 Å². The molecule has 44 heavy (non-hydrogen) atoms. The van der Waals surface area contributed by atoms with Crippen LogP contribution in [0.25, 0.3) is 65.4 Å². The molecular formula is C42H27NO. The van der Waals surface area contributed by atoms with Crippen molar-refractivity contribution in [1.82, 2.24) is 0 Å². The Kier molecular flexibility index (Phi) is 5.54. The molecule has 0 N–H and O–H groups in total. The number of fused-ring (bicyclic) bond motifs is 7. The summed E-state index contributed by atoms with van der Waals surface area (Å²) in [4.78, 5) is 2.38. The van der Waals surface area contributed by atoms with Crippen molar-refractivity contribution in [3.8, 4) is 11.1 Å². The quantitative estimate of drug-likeness (QED) is 0.199. The maximum Gasteiger partial charge on any atom is 0.137 e. The van der Waals surface area contributed by atoms with Crippen LogP contribution in [0.15, 0.2) is 168 Å². The molecule has 2 nitrogen and oxygen atoms in total. The summed E-state index contributed by atoms with van der Waals surface area (Å²) >= 11 is 0. The van der Waals surface area contributed by atoms with Crippen molar-refractivity contribution in [2.75, 3.05) is 4.90 Å². The standard InChI is InChI=1S/C42H27NO/c1-2-10-28(11-3-1)30-15-8-16-34(24-30)43(35-22-23-37-33(25-35)21-20-29-12-6-7-17-36(29)37)39-18-9-19-40-42(39)38-26-31-13-4-5-14-32(31)27-41(38)44-40/h1-27H. The Morgan fingerprint density at radius 2 is 1.05 bits per heavy atom. The minimum Gasteiger partial charge on any atom is -0.456 e. The van der Waals surface area contributed by atoms with E-state index in [1.165, 1.54) is 43.4 Å². The summed E-state index contributed by atoms with van der Waals surface area (Å²) in [5.74, 6) is 0. The monoisotopic (exact) mass is 561 g/mol. The maximum atomic E-state index is 6.51. The summed E-state index contributed by atoms with van der Waals surface area (Å²) in [6.07, 6.45) is 0. The molecule has 0 spiro atoms. The van der Waals surface area contributed by atoms with Crippen molar-refractivity contribution in [3.05, 3.63) is 164 Å². The van der Waals surface area contributed by atoms with E-state index < -0.39 is 0 Å². The number of nitrogens with zero attached hydrogens (tertiary/aromatic N) is 1. The van der Waals surface area contributed by atoms with E-state index in [4.69, 9.17) is 4.42 Å². The van der Waals surface area contributed by atoms with Gasteiger partial charge in [0.05, 0.1) is 11.1 Å². The van der Waals surface area contributed by atoms with Crippen molar-refractivity contribution in [1.29, 1.82) is 0 Å². The molecular weight excluding hydrogens is 534 g/mol. The number of hydrogen-bond donors (Lipinski definition) is 0. The van der Waals surface area contributed by atoms with Crippen LogP contribution in [0.5, 0.6) is 0 Å². The minimum absolute atomic E-state index is 0.879. The van der Waals surface area contributed by atoms with E-state index in [0.29, 0.717) is 0 Å². The third kappa shape index (κ3) is 3.96. The molecule has 0 unspecified atom stereocenters. The lowest BCUT2D eigenvalue weighted by molar-refractivity contribution is 0.669. The number of furan rings is 1. The summed E-state index contributed by atoms with van der Waals surface area (Å²) in [6.45, 7) is 0. The van der Waals surface area contributed by atoms with Gasteiger partial charge in [0.25, 0.3) is 0 Å². The molecule has 0 fully saturated rings. The van der Waals surface area contributed by atoms with Gasteiger partial charge in [0.2, 0.25) is 0 Å². The SMILES string of the molecule is c1ccc(-c2cccc(N(c3ccc4c(ccc5ccccc54)c3)c3cccc4oc5cc6ccccc6cc5c34)c2)cc1. The molecule has 206 valence electrons. The zero-order valence-corrected chi connectivity index (χ0v) is 23.9. The number of benzene rings is 8. The van der Waals surface area contributed by atoms with Crippen LogP contribution in [0.4, 0.5) is 17.1 Å². The lowest BCUT2D eigenvalue weighted by Gasteiger charge is -2.27. The first-order valence-electron chi connectivity index (χ1n) is 15.0. The summed E-state index contributed by atoms with van der Waals surface area (Å²) < 4.78 is 6.51. The van der Waals surface area contributed by atoms with E-state index in [2.05, 4.69) is 169 Å². The molecule has 0 amide bonds. The van der Waals surface area contributed by atoms with Crippen molar-refractivity contribution in [2.45, 2.75) is 0 Å². The second-order valence-electron chi connectivity index (χ2n) is 11.4. The molecule has 0 atom stereocenters. The Hall–Kier alpha value is -5.86. The van der Waals surface area contributed by atoms with Crippen molar-refractivity contribution in [3.63, 3.8) is 0 Å². The van der Waals surface area contributed by atoms with Crippen molar-refractivity contribution < 1.29 is 4.42 Å². The van der Waals surface area contributed by atoms with Gasteiger partial charge in [-0.2, -0.15) is 0 Å². The fourth-order valence-corrected chi connectivity index (χ4v) is 6.70. The van der Waals surface area contributed by atoms with Crippen LogP contribution >= 0.6 is 0 Å². The Morgan fingerprint density at radius 1 is 0.364 bits per heavy atom. The first-order valence-corrected chi connectivity index (χ1v) is 15.0. The van der Waals surface area contributed by atoms with Gasteiger partial charge in [-0.3, -0.25) is 0 Å². The van der Waals surface area contributed by atoms with E-state index >= 15 is 0 Å². The Morgan fingerprint density at radius 3 is 1.93 bits per heavy atom. The van der Waals surface area contributed by atoms with Gasteiger partial charge in [0.1, 0.15) is 11.2 Å². The fourth-order valence-electron chi connectivity index (χ4n) is 6.70. The van der Waals surface area contributed by atoms with Gasteiger partial charge in [-0.1, -0.05) is 115 Å². The predicted molar refractivity (Wildman–Crippen MR) is 186 cm³/mol. The summed E-state index contributed by atoms with van der Waals surface area (Å²) in [7, 11) is 0. The highest BCUT2D eigenvalue weighted by Gasteiger charge is 2.20. The molecule has 8 aromatic carbocycles. The highest BCUT2D eigenvalue weighted by atomic mass is 16.3. The van der Waals surface area contributed by atoms with Gasteiger partial charge in [-0.25, -0.2) is 0 Å². The van der Waals surface area contributed by atoms with Gasteiger partial charge >= 0.3 is 0 Å². The molecule has 1 aromatic heterocycles. The van der Waals surface area contributed by atoms with Crippen molar-refractivity contribution >= 4 is 71.3 Å². The highest BCUT2D eigenvalue weighted by molar-refractivity contribution is 6.17. The minimum atomic E-state index is 0.879. The zero-order valence-electron chi connectivity index (χ0n) is 23.9. The van der Waals surface area contributed by atoms with Crippen LogP contribution < -0.4 is 4.90 Å². The van der Waals surface area contributed by atoms with Crippen LogP contribution in [0.1, 0.15) is 0 Å². The Labute approximate surface area is 255 Å². The Bertz CT molecular complexity index is 2510. The number of hydrogen-bond acceptors (Lipinski definition) is 2. The van der Waals surface area contributed by atoms with Crippen molar-refractivity contribution in [2.24, 2.45) is 0 Å². The average molecular weight is 562 g/mol. The average Bonchev–Trinajstić information content (AvgIpc) is 3.46. The maximum absolute atomic E-state index is 6.51. The van der Waals surface area contributed by atoms with Crippen LogP contribution in [0.2, 0.25) is 0 Å². The van der Waals surface area contributed by atoms with E-state index in [9.17, 15) is 0 Å². The van der Waals surface area contributed by atoms with Crippen LogP contribution in [-0.2, 0) is 0 Å². The third-order valence-electron chi connectivity index (χ3n) is 8.78. The zero-order chi connectivity index (χ0) is 29.0. The first-order chi connectivity index (χ1) is 21.8. The second kappa shape index (κ2) is 9.86. The van der Waals surface area contributed by atoms with Gasteiger partial charge in [-0.05, 0) is 92.0 Å². The molecule has 9 aromatic rings. The molecule has 0 aliphatic rings. The van der Waals surface area contributed by atoms with Gasteiger partial charge < -0.3 is 9.32 Å². The lowest BCUT2D eigenvalue weighted by Crippen LogP contribution is -2.10. The topological polar surface area (TPSA) is 16.4 Å². The largest absolute Gasteiger partial charge is 0.456 e. The Balaban J connectivity index is 1.33. The molecule has 0 saturated heterocycles. The lowest BCUT2D eigenvalue weighted by atomic mass is 10.00. The van der Waals surface area contributed by atoms with E-state index in [1.807, 2.05) is 0 Å². The molecule has 9 rings (SSSR count). The highest BCUT2D eigenvalue weighted by Crippen LogP contribution is 2.45. The summed E-state index contributed by atoms with van der Waals surface area (Å²) in [6, 6.07) is 58.6.